The maximum absolute atomic E-state index is 13.9. The summed E-state index contributed by atoms with van der Waals surface area (Å²) in [5, 5.41) is 21.6. The number of nitrogens with zero attached hydrogens (tertiary/aromatic N) is 3. The molecule has 1 aromatic heterocycles. The number of benzene rings is 5. The number of rotatable bonds is 10. The largest absolute Gasteiger partial charge is 0.376 e. The molecule has 3 N–H and O–H groups in total. The van der Waals surface area contributed by atoms with Crippen LogP contribution in [-0.2, 0) is 11.2 Å². The number of amides is 1. The monoisotopic (exact) mass is 664 g/mol. The lowest BCUT2D eigenvalue weighted by Gasteiger charge is -2.17. The first-order valence-electron chi connectivity index (χ1n) is 14.5. The third-order valence-corrected chi connectivity index (χ3v) is 8.02. The van der Waals surface area contributed by atoms with Gasteiger partial charge in [0.25, 0.3) is 11.2 Å². The van der Waals surface area contributed by atoms with Crippen molar-refractivity contribution in [2.45, 2.75) is 6.42 Å². The molecule has 10 nitrogen and oxygen atoms in total. The van der Waals surface area contributed by atoms with Crippen molar-refractivity contribution in [3.05, 3.63) is 157 Å². The number of aromatic nitrogens is 2. The highest BCUT2D eigenvalue weighted by atomic mass is 35.5. The minimum absolute atomic E-state index is 0.113. The molecule has 0 aliphatic heterocycles. The quantitative estimate of drug-likeness (QED) is 0.0999. The maximum Gasteiger partial charge on any atom is 0.292 e. The Morgan fingerprint density at radius 1 is 0.809 bits per heavy atom. The second kappa shape index (κ2) is 13.7. The summed E-state index contributed by atoms with van der Waals surface area (Å²) in [6, 6.07) is 33.0. The smallest absolute Gasteiger partial charge is 0.292 e. The van der Waals surface area contributed by atoms with Crippen LogP contribution in [-0.4, -0.2) is 26.9 Å². The van der Waals surface area contributed by atoms with Gasteiger partial charge in [-0.05, 0) is 66.2 Å². The zero-order valence-corrected chi connectivity index (χ0v) is 26.1. The lowest BCUT2D eigenvalue weighted by atomic mass is 10.1. The molecule has 0 aliphatic carbocycles. The van der Waals surface area contributed by atoms with E-state index in [2.05, 4.69) is 16.0 Å². The summed E-state index contributed by atoms with van der Waals surface area (Å²) in [4.78, 5) is 42.1. The Balaban J connectivity index is 1.28. The van der Waals surface area contributed by atoms with Crippen LogP contribution in [0.5, 0.6) is 0 Å². The predicted octanol–water partition coefficient (Wildman–Crippen LogP) is 7.99. The zero-order valence-electron chi connectivity index (χ0n) is 24.6. The topological polar surface area (TPSA) is 131 Å². The Morgan fingerprint density at radius 3 is 2.21 bits per heavy atom. The molecule has 5 aromatic carbocycles. The van der Waals surface area contributed by atoms with Crippen molar-refractivity contribution >= 4 is 68.4 Å². The Hall–Kier alpha value is -5.71. The van der Waals surface area contributed by atoms with Gasteiger partial charge in [-0.25, -0.2) is 4.98 Å². The molecule has 1 heterocycles. The minimum Gasteiger partial charge on any atom is -0.376 e. The van der Waals surface area contributed by atoms with Crippen LogP contribution in [0.15, 0.2) is 120 Å². The molecule has 0 saturated carbocycles. The Morgan fingerprint density at radius 2 is 1.47 bits per heavy atom. The Bertz CT molecular complexity index is 2170. The number of nitro groups is 1. The normalized spacial score (nSPS) is 10.9. The predicted molar refractivity (Wildman–Crippen MR) is 187 cm³/mol. The summed E-state index contributed by atoms with van der Waals surface area (Å²) in [6.45, 7) is -0.132. The van der Waals surface area contributed by atoms with Gasteiger partial charge in [-0.15, -0.1) is 0 Å². The average molecular weight is 666 g/mol. The molecule has 0 atom stereocenters. The first-order valence-corrected chi connectivity index (χ1v) is 15.2. The molecular weight excluding hydrogens is 639 g/mol. The third-order valence-electron chi connectivity index (χ3n) is 7.39. The molecule has 0 aliphatic rings. The second-order valence-corrected chi connectivity index (χ2v) is 11.3. The fraction of sp³-hybridized carbons (Fsp3) is 0.0571. The Labute approximate surface area is 278 Å². The van der Waals surface area contributed by atoms with Crippen molar-refractivity contribution in [3.8, 4) is 5.69 Å². The second-order valence-electron chi connectivity index (χ2n) is 10.5. The van der Waals surface area contributed by atoms with Crippen LogP contribution in [0.4, 0.5) is 28.4 Å². The zero-order chi connectivity index (χ0) is 32.9. The van der Waals surface area contributed by atoms with Crippen molar-refractivity contribution < 1.29 is 9.72 Å². The van der Waals surface area contributed by atoms with E-state index >= 15 is 0 Å². The molecule has 0 radical (unpaired) electrons. The van der Waals surface area contributed by atoms with Gasteiger partial charge in [0.15, 0.2) is 0 Å². The highest BCUT2D eigenvalue weighted by Gasteiger charge is 2.17. The van der Waals surface area contributed by atoms with Crippen molar-refractivity contribution in [2.75, 3.05) is 22.5 Å². The highest BCUT2D eigenvalue weighted by Crippen LogP contribution is 2.34. The average Bonchev–Trinajstić information content (AvgIpc) is 3.07. The van der Waals surface area contributed by atoms with Gasteiger partial charge >= 0.3 is 0 Å². The van der Waals surface area contributed by atoms with Crippen molar-refractivity contribution in [2.24, 2.45) is 0 Å². The summed E-state index contributed by atoms with van der Waals surface area (Å²) in [6.07, 6.45) is 0.303. The number of hydrogen-bond donors (Lipinski definition) is 3. The lowest BCUT2D eigenvalue weighted by molar-refractivity contribution is -0.383. The van der Waals surface area contributed by atoms with E-state index in [0.29, 0.717) is 50.3 Å². The Kier molecular flexibility index (Phi) is 9.14. The van der Waals surface area contributed by atoms with E-state index in [-0.39, 0.29) is 23.5 Å². The van der Waals surface area contributed by atoms with Gasteiger partial charge in [0, 0.05) is 23.9 Å². The summed E-state index contributed by atoms with van der Waals surface area (Å²) in [5.41, 5.74) is 3.66. The molecule has 0 bridgehead atoms. The fourth-order valence-corrected chi connectivity index (χ4v) is 5.62. The molecule has 1 amide bonds. The van der Waals surface area contributed by atoms with Gasteiger partial charge in [-0.3, -0.25) is 24.3 Å². The molecule has 6 rings (SSSR count). The summed E-state index contributed by atoms with van der Waals surface area (Å²) in [7, 11) is 0. The summed E-state index contributed by atoms with van der Waals surface area (Å²) in [5.74, 6) is 0.0590. The maximum atomic E-state index is 13.9. The molecule has 0 unspecified atom stereocenters. The third kappa shape index (κ3) is 6.94. The molecule has 47 heavy (non-hydrogen) atoms. The number of anilines is 4. The molecule has 0 saturated heterocycles. The van der Waals surface area contributed by atoms with E-state index < -0.39 is 10.8 Å². The van der Waals surface area contributed by atoms with Crippen molar-refractivity contribution in [3.63, 3.8) is 0 Å². The van der Waals surface area contributed by atoms with E-state index in [1.54, 1.807) is 71.3 Å². The number of nitro benzene ring substituents is 1. The fourth-order valence-electron chi connectivity index (χ4n) is 5.13. The van der Waals surface area contributed by atoms with Crippen LogP contribution in [0.25, 0.3) is 16.6 Å². The van der Waals surface area contributed by atoms with Gasteiger partial charge in [-0.1, -0.05) is 71.7 Å². The van der Waals surface area contributed by atoms with E-state index in [9.17, 15) is 19.7 Å². The number of fused-ring (bicyclic) bond motifs is 1. The van der Waals surface area contributed by atoms with Gasteiger partial charge in [0.1, 0.15) is 11.5 Å². The molecule has 234 valence electrons. The van der Waals surface area contributed by atoms with Crippen LogP contribution < -0.4 is 21.5 Å². The molecule has 12 heteroatoms. The van der Waals surface area contributed by atoms with E-state index in [0.717, 1.165) is 11.3 Å². The first kappa shape index (κ1) is 31.3. The first-order chi connectivity index (χ1) is 22.8. The van der Waals surface area contributed by atoms with E-state index in [4.69, 9.17) is 28.2 Å². The summed E-state index contributed by atoms with van der Waals surface area (Å²) >= 11 is 12.9. The SMILES string of the molecule is O=C(CNc1ccc(-n2c(Cc3ccccc3Nc3c(Cl)cccc3Cl)nc3ccccc3c2=O)cc1)Nc1ccccc1[N+](=O)[O-]. The number of carbonyl (C=O) groups excluding carboxylic acids is 1. The van der Waals surface area contributed by atoms with Crippen LogP contribution >= 0.6 is 23.2 Å². The van der Waals surface area contributed by atoms with Crippen molar-refractivity contribution in [1.82, 2.24) is 9.55 Å². The molecule has 6 aromatic rings. The lowest BCUT2D eigenvalue weighted by Crippen LogP contribution is -2.24. The molecule has 0 spiro atoms. The molecule has 0 fully saturated rings. The van der Waals surface area contributed by atoms with Crippen LogP contribution in [0.1, 0.15) is 11.4 Å². The number of nitrogens with one attached hydrogen (secondary N) is 3. The van der Waals surface area contributed by atoms with E-state index in [1.807, 2.05) is 30.3 Å². The number of carbonyl (C=O) groups is 1. The van der Waals surface area contributed by atoms with Gasteiger partial charge in [0.2, 0.25) is 5.91 Å². The van der Waals surface area contributed by atoms with Crippen LogP contribution in [0.2, 0.25) is 10.0 Å². The van der Waals surface area contributed by atoms with Crippen molar-refractivity contribution in [1.29, 1.82) is 0 Å². The van der Waals surface area contributed by atoms with E-state index in [1.165, 1.54) is 18.2 Å². The summed E-state index contributed by atoms with van der Waals surface area (Å²) < 4.78 is 1.58. The number of halogens is 2. The molecular formula is C35H26Cl2N6O4. The van der Waals surface area contributed by atoms with Gasteiger partial charge in [-0.2, -0.15) is 0 Å². The van der Waals surface area contributed by atoms with Gasteiger partial charge < -0.3 is 16.0 Å². The number of para-hydroxylation sites is 5. The van der Waals surface area contributed by atoms with Crippen LogP contribution in [0.3, 0.4) is 0 Å². The highest BCUT2D eigenvalue weighted by molar-refractivity contribution is 6.39. The standard InChI is InChI=1S/C35H26Cl2N6O4/c36-26-10-7-11-27(37)34(26)41-28-12-3-1-8-22(28)20-32-39-29-13-4-2-9-25(29)35(45)42(32)24-18-16-23(17-19-24)38-21-33(44)40-30-14-5-6-15-31(30)43(46)47/h1-19,38,41H,20-21H2,(H,40,44). The van der Waals surface area contributed by atoms with Crippen LogP contribution in [0, 0.1) is 10.1 Å². The minimum atomic E-state index is -0.552. The van der Waals surface area contributed by atoms with Gasteiger partial charge in [0.05, 0.1) is 43.8 Å². The number of hydrogen-bond acceptors (Lipinski definition) is 7.